The van der Waals surface area contributed by atoms with E-state index in [0.717, 1.165) is 5.56 Å². The first-order valence-corrected chi connectivity index (χ1v) is 7.90. The number of hydrogen-bond acceptors (Lipinski definition) is 3. The molecule has 2 atom stereocenters. The third kappa shape index (κ3) is 3.36. The topological polar surface area (TPSA) is 83.7 Å². The Morgan fingerprint density at radius 2 is 2.09 bits per heavy atom. The molecule has 0 bridgehead atoms. The van der Waals surface area contributed by atoms with Crippen molar-refractivity contribution in [2.75, 3.05) is 0 Å². The second kappa shape index (κ2) is 6.81. The molecule has 2 unspecified atom stereocenters. The molecule has 0 saturated carbocycles. The highest BCUT2D eigenvalue weighted by molar-refractivity contribution is 5.97. The summed E-state index contributed by atoms with van der Waals surface area (Å²) >= 11 is 0. The number of rotatable bonds is 6. The number of pyridine rings is 1. The maximum atomic E-state index is 12.7. The number of nitrogens with zero attached hydrogens (tertiary/aromatic N) is 2. The Kier molecular flexibility index (Phi) is 5.03. The lowest BCUT2D eigenvalue weighted by molar-refractivity contribution is -0.140. The molecule has 124 valence electrons. The number of fused-ring (bicyclic) bond motifs is 1. The fourth-order valence-corrected chi connectivity index (χ4v) is 2.57. The van der Waals surface area contributed by atoms with E-state index < -0.39 is 17.9 Å². The number of carboxylic acids is 1. The van der Waals surface area contributed by atoms with Crippen LogP contribution in [-0.2, 0) is 11.2 Å². The number of carboxylic acid groups (broad SMARTS) is 1. The van der Waals surface area contributed by atoms with Crippen LogP contribution in [0.3, 0.4) is 0 Å². The minimum absolute atomic E-state index is 0.150. The van der Waals surface area contributed by atoms with E-state index in [1.165, 1.54) is 0 Å². The molecule has 0 radical (unpaired) electrons. The molecule has 6 heteroatoms. The van der Waals surface area contributed by atoms with Gasteiger partial charge < -0.3 is 10.4 Å². The summed E-state index contributed by atoms with van der Waals surface area (Å²) < 4.78 is 1.72. The fraction of sp³-hybridized carbons (Fsp3) is 0.471. The molecule has 2 rings (SSSR count). The van der Waals surface area contributed by atoms with Crippen LogP contribution in [0.5, 0.6) is 0 Å². The molecule has 1 amide bonds. The monoisotopic (exact) mass is 317 g/mol. The van der Waals surface area contributed by atoms with Crippen molar-refractivity contribution in [1.29, 1.82) is 0 Å². The Labute approximate surface area is 135 Å². The zero-order chi connectivity index (χ0) is 17.1. The molecule has 6 nitrogen and oxygen atoms in total. The van der Waals surface area contributed by atoms with Crippen LogP contribution >= 0.6 is 0 Å². The molecule has 0 spiro atoms. The second-order valence-electron chi connectivity index (χ2n) is 5.87. The van der Waals surface area contributed by atoms with Crippen LogP contribution in [-0.4, -0.2) is 32.4 Å². The normalized spacial score (nSPS) is 13.7. The van der Waals surface area contributed by atoms with Crippen molar-refractivity contribution in [2.45, 2.75) is 46.6 Å². The molecule has 0 aliphatic rings. The van der Waals surface area contributed by atoms with Crippen LogP contribution in [0.2, 0.25) is 0 Å². The summed E-state index contributed by atoms with van der Waals surface area (Å²) in [5, 5.41) is 12.0. The van der Waals surface area contributed by atoms with E-state index in [4.69, 9.17) is 0 Å². The number of aromatic nitrogens is 2. The van der Waals surface area contributed by atoms with Crippen molar-refractivity contribution in [3.8, 4) is 0 Å². The number of carbonyl (C=O) groups excluding carboxylic acids is 1. The average molecular weight is 317 g/mol. The van der Waals surface area contributed by atoms with Crippen LogP contribution in [0.25, 0.3) is 5.65 Å². The van der Waals surface area contributed by atoms with Gasteiger partial charge in [0.15, 0.2) is 0 Å². The van der Waals surface area contributed by atoms with E-state index in [-0.39, 0.29) is 5.92 Å². The number of amides is 1. The van der Waals surface area contributed by atoms with E-state index in [1.54, 1.807) is 10.6 Å². The number of carbonyl (C=O) groups is 2. The number of imidazole rings is 1. The molecule has 0 aliphatic carbocycles. The molecule has 23 heavy (non-hydrogen) atoms. The third-order valence-electron chi connectivity index (χ3n) is 4.17. The summed E-state index contributed by atoms with van der Waals surface area (Å²) in [7, 11) is 0. The fourth-order valence-electron chi connectivity index (χ4n) is 2.57. The molecule has 0 aromatic carbocycles. The standard InChI is InChI=1S/C17H23N3O3/c1-5-11(4)14(17(22)23)19-16(21)15-12(6-2)18-13-9-10(3)7-8-20(13)15/h7-9,11,14H,5-6H2,1-4H3,(H,19,21)(H,22,23). The van der Waals surface area contributed by atoms with Gasteiger partial charge in [0, 0.05) is 6.20 Å². The summed E-state index contributed by atoms with van der Waals surface area (Å²) in [6.45, 7) is 7.61. The lowest BCUT2D eigenvalue weighted by atomic mass is 9.99. The van der Waals surface area contributed by atoms with Gasteiger partial charge in [-0.25, -0.2) is 9.78 Å². The predicted molar refractivity (Wildman–Crippen MR) is 87.7 cm³/mol. The van der Waals surface area contributed by atoms with Gasteiger partial charge in [-0.05, 0) is 37.0 Å². The molecule has 2 aromatic heterocycles. The molecule has 2 heterocycles. The smallest absolute Gasteiger partial charge is 0.326 e. The molecule has 0 aliphatic heterocycles. The first-order valence-electron chi connectivity index (χ1n) is 7.90. The third-order valence-corrected chi connectivity index (χ3v) is 4.17. The lowest BCUT2D eigenvalue weighted by Gasteiger charge is -2.20. The maximum absolute atomic E-state index is 12.7. The number of nitrogens with one attached hydrogen (secondary N) is 1. The van der Waals surface area contributed by atoms with E-state index in [0.29, 0.717) is 29.9 Å². The van der Waals surface area contributed by atoms with Crippen molar-refractivity contribution < 1.29 is 14.7 Å². The minimum atomic E-state index is -1.02. The van der Waals surface area contributed by atoms with E-state index in [2.05, 4.69) is 10.3 Å². The highest BCUT2D eigenvalue weighted by Crippen LogP contribution is 2.16. The Balaban J connectivity index is 2.42. The van der Waals surface area contributed by atoms with Gasteiger partial charge in [-0.3, -0.25) is 9.20 Å². The number of aliphatic carboxylic acids is 1. The van der Waals surface area contributed by atoms with Gasteiger partial charge in [-0.15, -0.1) is 0 Å². The van der Waals surface area contributed by atoms with Crippen molar-refractivity contribution in [3.05, 3.63) is 35.3 Å². The zero-order valence-corrected chi connectivity index (χ0v) is 14.0. The highest BCUT2D eigenvalue weighted by Gasteiger charge is 2.28. The second-order valence-corrected chi connectivity index (χ2v) is 5.87. The first-order chi connectivity index (χ1) is 10.9. The summed E-state index contributed by atoms with van der Waals surface area (Å²) in [6.07, 6.45) is 3.07. The molecule has 0 saturated heterocycles. The molecular formula is C17H23N3O3. The van der Waals surface area contributed by atoms with Gasteiger partial charge in [0.25, 0.3) is 5.91 Å². The van der Waals surface area contributed by atoms with Crippen molar-refractivity contribution >= 4 is 17.5 Å². The Morgan fingerprint density at radius 3 is 2.65 bits per heavy atom. The lowest BCUT2D eigenvalue weighted by Crippen LogP contribution is -2.45. The largest absolute Gasteiger partial charge is 0.480 e. The maximum Gasteiger partial charge on any atom is 0.326 e. The van der Waals surface area contributed by atoms with Crippen molar-refractivity contribution in [1.82, 2.24) is 14.7 Å². The first kappa shape index (κ1) is 17.0. The van der Waals surface area contributed by atoms with Gasteiger partial charge in [-0.1, -0.05) is 27.2 Å². The zero-order valence-electron chi connectivity index (χ0n) is 14.0. The van der Waals surface area contributed by atoms with E-state index >= 15 is 0 Å². The van der Waals surface area contributed by atoms with E-state index in [9.17, 15) is 14.7 Å². The molecule has 0 fully saturated rings. The van der Waals surface area contributed by atoms with E-state index in [1.807, 2.05) is 39.8 Å². The van der Waals surface area contributed by atoms with Crippen LogP contribution in [0, 0.1) is 12.8 Å². The van der Waals surface area contributed by atoms with Gasteiger partial charge in [0.05, 0.1) is 5.69 Å². The van der Waals surface area contributed by atoms with Crippen LogP contribution in [0.15, 0.2) is 18.3 Å². The Hall–Kier alpha value is -2.37. The van der Waals surface area contributed by atoms with Gasteiger partial charge in [0.2, 0.25) is 0 Å². The Bertz CT molecular complexity index is 736. The SMILES string of the molecule is CCc1nc2cc(C)ccn2c1C(=O)NC(C(=O)O)C(C)CC. The summed E-state index contributed by atoms with van der Waals surface area (Å²) in [5.74, 6) is -1.57. The quantitative estimate of drug-likeness (QED) is 0.857. The molecule has 2 N–H and O–H groups in total. The van der Waals surface area contributed by atoms with Crippen molar-refractivity contribution in [3.63, 3.8) is 0 Å². The van der Waals surface area contributed by atoms with Gasteiger partial charge >= 0.3 is 5.97 Å². The predicted octanol–water partition coefficient (Wildman–Crippen LogP) is 2.43. The molecular weight excluding hydrogens is 294 g/mol. The average Bonchev–Trinajstić information content (AvgIpc) is 2.88. The Morgan fingerprint density at radius 1 is 1.39 bits per heavy atom. The van der Waals surface area contributed by atoms with Crippen LogP contribution < -0.4 is 5.32 Å². The summed E-state index contributed by atoms with van der Waals surface area (Å²) in [6, 6.07) is 2.89. The summed E-state index contributed by atoms with van der Waals surface area (Å²) in [5.41, 5.74) is 2.83. The minimum Gasteiger partial charge on any atom is -0.480 e. The summed E-state index contributed by atoms with van der Waals surface area (Å²) in [4.78, 5) is 28.6. The number of aryl methyl sites for hydroxylation is 2. The van der Waals surface area contributed by atoms with Crippen LogP contribution in [0.4, 0.5) is 0 Å². The van der Waals surface area contributed by atoms with Crippen molar-refractivity contribution in [2.24, 2.45) is 5.92 Å². The van der Waals surface area contributed by atoms with Gasteiger partial charge in [0.1, 0.15) is 17.4 Å². The van der Waals surface area contributed by atoms with Crippen LogP contribution in [0.1, 0.15) is 48.9 Å². The van der Waals surface area contributed by atoms with Gasteiger partial charge in [-0.2, -0.15) is 0 Å². The number of hydrogen-bond donors (Lipinski definition) is 2. The molecule has 2 aromatic rings. The highest BCUT2D eigenvalue weighted by atomic mass is 16.4.